The van der Waals surface area contributed by atoms with Crippen LogP contribution in [0.2, 0.25) is 0 Å². The van der Waals surface area contributed by atoms with Crippen LogP contribution in [0, 0.1) is 5.92 Å². The fourth-order valence-corrected chi connectivity index (χ4v) is 4.92. The highest BCUT2D eigenvalue weighted by atomic mass is 16.4. The summed E-state index contributed by atoms with van der Waals surface area (Å²) >= 11 is 0. The minimum atomic E-state index is -1.11. The minimum Gasteiger partial charge on any atom is -0.507 e. The lowest BCUT2D eigenvalue weighted by Crippen LogP contribution is -2.44. The molecule has 1 heterocycles. The normalized spacial score (nSPS) is 12.7. The van der Waals surface area contributed by atoms with Gasteiger partial charge in [-0.05, 0) is 57.7 Å². The fourth-order valence-electron chi connectivity index (χ4n) is 4.92. The van der Waals surface area contributed by atoms with E-state index in [2.05, 4.69) is 67.5 Å². The Balaban J connectivity index is 1.50. The molecule has 1 atom stereocenters. The molecule has 40 heavy (non-hydrogen) atoms. The van der Waals surface area contributed by atoms with Crippen molar-refractivity contribution in [3.63, 3.8) is 0 Å². The Kier molecular flexibility index (Phi) is 6.84. The number of phenols is 1. The van der Waals surface area contributed by atoms with E-state index in [1.54, 1.807) is 26.0 Å². The molecule has 4 N–H and O–H groups in total. The first-order valence-electron chi connectivity index (χ1n) is 13.3. The van der Waals surface area contributed by atoms with Crippen molar-refractivity contribution in [1.82, 2.24) is 15.3 Å². The molecule has 4 aromatic carbocycles. The number of carbonyl (C=O) groups excluding carboxylic acids is 1. The predicted octanol–water partition coefficient (Wildman–Crippen LogP) is 6.89. The first-order chi connectivity index (χ1) is 18.9. The first-order valence-corrected chi connectivity index (χ1v) is 13.3. The Morgan fingerprint density at radius 1 is 0.900 bits per heavy atom. The number of carbonyl (C=O) groups is 2. The third kappa shape index (κ3) is 5.15. The van der Waals surface area contributed by atoms with Crippen LogP contribution >= 0.6 is 0 Å². The van der Waals surface area contributed by atoms with Crippen LogP contribution in [0.15, 0.2) is 72.8 Å². The minimum absolute atomic E-state index is 0.0858. The van der Waals surface area contributed by atoms with Crippen LogP contribution in [0.1, 0.15) is 50.5 Å². The number of hydrogen-bond donors (Lipinski definition) is 4. The molecule has 1 amide bonds. The van der Waals surface area contributed by atoms with Gasteiger partial charge in [0.25, 0.3) is 5.91 Å². The highest BCUT2D eigenvalue weighted by molar-refractivity contribution is 6.11. The number of carboxylic acids is 1. The van der Waals surface area contributed by atoms with Gasteiger partial charge in [0.2, 0.25) is 0 Å². The van der Waals surface area contributed by atoms with Gasteiger partial charge < -0.3 is 20.5 Å². The maximum atomic E-state index is 12.8. The summed E-state index contributed by atoms with van der Waals surface area (Å²) in [6.07, 6.45) is 0. The molecule has 1 aromatic heterocycles. The van der Waals surface area contributed by atoms with Gasteiger partial charge in [0.1, 0.15) is 23.1 Å². The summed E-state index contributed by atoms with van der Waals surface area (Å²) in [6, 6.07) is 22.4. The summed E-state index contributed by atoms with van der Waals surface area (Å²) in [4.78, 5) is 32.5. The van der Waals surface area contributed by atoms with Crippen molar-refractivity contribution >= 4 is 33.7 Å². The zero-order valence-corrected chi connectivity index (χ0v) is 23.2. The zero-order chi connectivity index (χ0) is 28.8. The largest absolute Gasteiger partial charge is 0.507 e. The molecular weight excluding hydrogens is 502 g/mol. The third-order valence-corrected chi connectivity index (χ3v) is 7.25. The van der Waals surface area contributed by atoms with Crippen molar-refractivity contribution in [2.75, 3.05) is 0 Å². The Morgan fingerprint density at radius 2 is 1.60 bits per heavy atom. The monoisotopic (exact) mass is 535 g/mol. The van der Waals surface area contributed by atoms with Crippen molar-refractivity contribution in [1.29, 1.82) is 0 Å². The van der Waals surface area contributed by atoms with Gasteiger partial charge in [0, 0.05) is 11.1 Å². The molecule has 0 aliphatic heterocycles. The molecule has 0 fully saturated rings. The summed E-state index contributed by atoms with van der Waals surface area (Å²) in [5.74, 6) is -1.40. The van der Waals surface area contributed by atoms with E-state index in [1.807, 2.05) is 18.2 Å². The van der Waals surface area contributed by atoms with Gasteiger partial charge in [-0.1, -0.05) is 83.1 Å². The second-order valence-corrected chi connectivity index (χ2v) is 11.6. The standard InChI is InChI=1S/C33H33N3O4/c1-18(2)28(32(39)40)36-31(38)23-16-21-11-14-25-29(27(21)26(37)17-23)35-30(34-25)22-8-6-7-20(15-22)19-9-12-24(13-10-19)33(3,4)5/h6-18,28,37H,1-5H3,(H,34,35)(H,36,38)(H,39,40)/t28-/m0/s1. The Bertz CT molecular complexity index is 1740. The average Bonchev–Trinajstić information content (AvgIpc) is 3.35. The number of rotatable bonds is 6. The summed E-state index contributed by atoms with van der Waals surface area (Å²) in [5.41, 5.74) is 5.97. The number of amides is 1. The lowest BCUT2D eigenvalue weighted by Gasteiger charge is -2.19. The molecule has 0 bridgehead atoms. The van der Waals surface area contributed by atoms with Crippen LogP contribution in [0.4, 0.5) is 0 Å². The molecule has 0 aliphatic rings. The Labute approximate surface area is 232 Å². The SMILES string of the molecule is CC(C)[C@H](NC(=O)c1cc(O)c2c(ccc3[nH]c(-c4cccc(-c5ccc(C(C)(C)C)cc5)c4)nc32)c1)C(=O)O. The van der Waals surface area contributed by atoms with E-state index in [1.165, 1.54) is 11.6 Å². The van der Waals surface area contributed by atoms with Crippen LogP contribution in [-0.2, 0) is 10.2 Å². The number of hydrogen-bond acceptors (Lipinski definition) is 4. The van der Waals surface area contributed by atoms with E-state index in [0.29, 0.717) is 22.1 Å². The molecule has 5 aromatic rings. The third-order valence-electron chi connectivity index (χ3n) is 7.25. The van der Waals surface area contributed by atoms with Crippen LogP contribution in [0.25, 0.3) is 44.3 Å². The molecule has 0 radical (unpaired) electrons. The number of nitrogens with one attached hydrogen (secondary N) is 2. The maximum Gasteiger partial charge on any atom is 0.326 e. The van der Waals surface area contributed by atoms with Crippen LogP contribution in [0.5, 0.6) is 5.75 Å². The molecule has 0 spiro atoms. The second-order valence-electron chi connectivity index (χ2n) is 11.6. The predicted molar refractivity (Wildman–Crippen MR) is 159 cm³/mol. The number of aromatic amines is 1. The average molecular weight is 536 g/mol. The molecule has 7 nitrogen and oxygen atoms in total. The molecule has 204 valence electrons. The number of aromatic hydroxyl groups is 1. The van der Waals surface area contributed by atoms with Crippen molar-refractivity contribution in [3.8, 4) is 28.3 Å². The quantitative estimate of drug-likeness (QED) is 0.189. The van der Waals surface area contributed by atoms with Gasteiger partial charge in [0.05, 0.1) is 10.9 Å². The summed E-state index contributed by atoms with van der Waals surface area (Å²) in [5, 5.41) is 24.1. The van der Waals surface area contributed by atoms with E-state index >= 15 is 0 Å². The van der Waals surface area contributed by atoms with Gasteiger partial charge in [-0.25, -0.2) is 9.78 Å². The molecule has 0 saturated heterocycles. The van der Waals surface area contributed by atoms with E-state index < -0.39 is 17.9 Å². The smallest absolute Gasteiger partial charge is 0.326 e. The van der Waals surface area contributed by atoms with E-state index in [0.717, 1.165) is 22.2 Å². The number of aromatic nitrogens is 2. The summed E-state index contributed by atoms with van der Waals surface area (Å²) in [7, 11) is 0. The molecule has 0 unspecified atom stereocenters. The fraction of sp³-hybridized carbons (Fsp3) is 0.242. The van der Waals surface area contributed by atoms with Crippen molar-refractivity contribution in [2.45, 2.75) is 46.1 Å². The number of benzene rings is 4. The van der Waals surface area contributed by atoms with Crippen molar-refractivity contribution in [2.24, 2.45) is 5.92 Å². The highest BCUT2D eigenvalue weighted by Crippen LogP contribution is 2.35. The summed E-state index contributed by atoms with van der Waals surface area (Å²) in [6.45, 7) is 10.0. The highest BCUT2D eigenvalue weighted by Gasteiger charge is 2.25. The number of H-pyrrole nitrogens is 1. The van der Waals surface area contributed by atoms with E-state index in [-0.39, 0.29) is 22.6 Å². The first kappa shape index (κ1) is 26.9. The van der Waals surface area contributed by atoms with Crippen LogP contribution in [0.3, 0.4) is 0 Å². The summed E-state index contributed by atoms with van der Waals surface area (Å²) < 4.78 is 0. The van der Waals surface area contributed by atoms with E-state index in [9.17, 15) is 19.8 Å². The van der Waals surface area contributed by atoms with Gasteiger partial charge in [0.15, 0.2) is 0 Å². The van der Waals surface area contributed by atoms with Crippen LogP contribution < -0.4 is 5.32 Å². The molecule has 7 heteroatoms. The zero-order valence-electron chi connectivity index (χ0n) is 23.2. The van der Waals surface area contributed by atoms with Crippen molar-refractivity contribution in [3.05, 3.63) is 83.9 Å². The van der Waals surface area contributed by atoms with Gasteiger partial charge in [-0.2, -0.15) is 0 Å². The van der Waals surface area contributed by atoms with Gasteiger partial charge >= 0.3 is 5.97 Å². The van der Waals surface area contributed by atoms with Gasteiger partial charge in [-0.15, -0.1) is 0 Å². The topological polar surface area (TPSA) is 115 Å². The number of nitrogens with zero attached hydrogens (tertiary/aromatic N) is 1. The van der Waals surface area contributed by atoms with E-state index in [4.69, 9.17) is 4.98 Å². The lowest BCUT2D eigenvalue weighted by molar-refractivity contribution is -0.140. The Hall–Kier alpha value is -4.65. The number of aliphatic carboxylic acids is 1. The molecule has 0 saturated carbocycles. The van der Waals surface area contributed by atoms with Crippen molar-refractivity contribution < 1.29 is 19.8 Å². The number of carboxylic acid groups (broad SMARTS) is 1. The second kappa shape index (κ2) is 10.2. The molecular formula is C33H33N3O4. The lowest BCUT2D eigenvalue weighted by atomic mass is 9.86. The molecule has 0 aliphatic carbocycles. The molecule has 5 rings (SSSR count). The number of phenolic OH excluding ortho intramolecular Hbond substituents is 1. The number of imidazole rings is 1. The number of fused-ring (bicyclic) bond motifs is 3. The van der Waals surface area contributed by atoms with Crippen LogP contribution in [-0.4, -0.2) is 38.1 Å². The Morgan fingerprint density at radius 3 is 2.25 bits per heavy atom. The maximum absolute atomic E-state index is 12.8. The van der Waals surface area contributed by atoms with Gasteiger partial charge in [-0.3, -0.25) is 4.79 Å².